The number of aryl methyl sites for hydroxylation is 2. The Morgan fingerprint density at radius 3 is 2.84 bits per heavy atom. The molecule has 0 saturated heterocycles. The van der Waals surface area contributed by atoms with E-state index in [2.05, 4.69) is 15.4 Å². The summed E-state index contributed by atoms with van der Waals surface area (Å²) in [4.78, 5) is 28.5. The van der Waals surface area contributed by atoms with Gasteiger partial charge in [0, 0.05) is 25.2 Å². The molecule has 0 unspecified atom stereocenters. The number of methoxy groups -OCH3 is 2. The van der Waals surface area contributed by atoms with Crippen LogP contribution in [0.15, 0.2) is 23.0 Å². The van der Waals surface area contributed by atoms with E-state index in [1.807, 2.05) is 0 Å². The molecule has 0 radical (unpaired) electrons. The molecule has 0 fully saturated rings. The van der Waals surface area contributed by atoms with E-state index in [0.29, 0.717) is 24.3 Å². The number of aromatic nitrogens is 3. The van der Waals surface area contributed by atoms with E-state index in [1.165, 1.54) is 18.9 Å². The molecule has 2 aromatic heterocycles. The van der Waals surface area contributed by atoms with Gasteiger partial charge < -0.3 is 14.8 Å². The molecule has 1 aliphatic carbocycles. The molecule has 2 heterocycles. The number of carbonyl (C=O) groups is 1. The summed E-state index contributed by atoms with van der Waals surface area (Å²) in [7, 11) is 4.59. The lowest BCUT2D eigenvalue weighted by molar-refractivity contribution is 0.0929. The van der Waals surface area contributed by atoms with E-state index < -0.39 is 0 Å². The maximum absolute atomic E-state index is 12.6. The highest BCUT2D eigenvalue weighted by Gasteiger charge is 2.24. The van der Waals surface area contributed by atoms with E-state index in [1.54, 1.807) is 25.2 Å². The summed E-state index contributed by atoms with van der Waals surface area (Å²) < 4.78 is 11.6. The molecule has 1 amide bonds. The van der Waals surface area contributed by atoms with E-state index in [-0.39, 0.29) is 23.4 Å². The summed E-state index contributed by atoms with van der Waals surface area (Å²) in [6.45, 7) is 0. The first kappa shape index (κ1) is 16.9. The second-order valence-corrected chi connectivity index (χ2v) is 5.90. The Balaban J connectivity index is 1.76. The predicted octanol–water partition coefficient (Wildman–Crippen LogP) is 0.480. The van der Waals surface area contributed by atoms with Gasteiger partial charge in [0.2, 0.25) is 11.8 Å². The molecule has 25 heavy (non-hydrogen) atoms. The molecule has 0 bridgehead atoms. The topological polar surface area (TPSA) is 95.3 Å². The van der Waals surface area contributed by atoms with E-state index in [4.69, 9.17) is 9.47 Å². The van der Waals surface area contributed by atoms with Crippen LogP contribution in [0.1, 0.15) is 28.0 Å². The Morgan fingerprint density at radius 1 is 1.32 bits per heavy atom. The van der Waals surface area contributed by atoms with Crippen LogP contribution in [-0.2, 0) is 19.9 Å². The highest BCUT2D eigenvalue weighted by atomic mass is 16.5. The number of ether oxygens (including phenoxy) is 2. The SMILES string of the molecule is COc1ccc(C(=O)N[C@H]2CCc3nn(C)c(=O)cc3C2)c(OC)n1. The lowest BCUT2D eigenvalue weighted by Gasteiger charge is -2.25. The number of nitrogens with one attached hydrogen (secondary N) is 1. The quantitative estimate of drug-likeness (QED) is 0.867. The van der Waals surface area contributed by atoms with Crippen molar-refractivity contribution in [3.63, 3.8) is 0 Å². The number of carbonyl (C=O) groups excluding carboxylic acids is 1. The van der Waals surface area contributed by atoms with Crippen molar-refractivity contribution in [1.82, 2.24) is 20.1 Å². The Bertz CT molecular complexity index is 862. The second kappa shape index (κ2) is 6.92. The molecule has 0 saturated carbocycles. The van der Waals surface area contributed by atoms with Crippen LogP contribution < -0.4 is 20.3 Å². The lowest BCUT2D eigenvalue weighted by atomic mass is 9.92. The number of amides is 1. The number of rotatable bonds is 4. The zero-order valence-electron chi connectivity index (χ0n) is 14.4. The van der Waals surface area contributed by atoms with E-state index in [9.17, 15) is 9.59 Å². The molecular formula is C17H20N4O4. The fourth-order valence-corrected chi connectivity index (χ4v) is 2.94. The third-order valence-corrected chi connectivity index (χ3v) is 4.27. The molecule has 8 heteroatoms. The van der Waals surface area contributed by atoms with Crippen LogP contribution >= 0.6 is 0 Å². The molecule has 1 aliphatic rings. The first-order valence-corrected chi connectivity index (χ1v) is 7.97. The molecule has 0 spiro atoms. The van der Waals surface area contributed by atoms with Crippen LogP contribution in [-0.4, -0.2) is 40.9 Å². The van der Waals surface area contributed by atoms with E-state index >= 15 is 0 Å². The minimum absolute atomic E-state index is 0.0688. The smallest absolute Gasteiger partial charge is 0.266 e. The van der Waals surface area contributed by atoms with Crippen molar-refractivity contribution in [2.24, 2.45) is 7.05 Å². The molecule has 1 N–H and O–H groups in total. The predicted molar refractivity (Wildman–Crippen MR) is 90.1 cm³/mol. The number of pyridine rings is 1. The van der Waals surface area contributed by atoms with Gasteiger partial charge in [-0.1, -0.05) is 0 Å². The number of hydrogen-bond acceptors (Lipinski definition) is 6. The second-order valence-electron chi connectivity index (χ2n) is 5.90. The van der Waals surface area contributed by atoms with Gasteiger partial charge >= 0.3 is 0 Å². The first-order valence-electron chi connectivity index (χ1n) is 7.97. The van der Waals surface area contributed by atoms with Crippen LogP contribution in [0, 0.1) is 0 Å². The zero-order valence-corrected chi connectivity index (χ0v) is 14.4. The molecule has 8 nitrogen and oxygen atoms in total. The van der Waals surface area contributed by atoms with Gasteiger partial charge in [0.1, 0.15) is 5.56 Å². The van der Waals surface area contributed by atoms with Crippen LogP contribution in [0.4, 0.5) is 0 Å². The van der Waals surface area contributed by atoms with Gasteiger partial charge in [-0.05, 0) is 30.9 Å². The third-order valence-electron chi connectivity index (χ3n) is 4.27. The van der Waals surface area contributed by atoms with Gasteiger partial charge in [0.15, 0.2) is 0 Å². The average Bonchev–Trinajstić information content (AvgIpc) is 2.62. The summed E-state index contributed by atoms with van der Waals surface area (Å²) in [5.41, 5.74) is 2.00. The van der Waals surface area contributed by atoms with E-state index in [0.717, 1.165) is 17.7 Å². The fourth-order valence-electron chi connectivity index (χ4n) is 2.94. The minimum Gasteiger partial charge on any atom is -0.481 e. The van der Waals surface area contributed by atoms with Crippen molar-refractivity contribution in [3.8, 4) is 11.8 Å². The zero-order chi connectivity index (χ0) is 18.0. The average molecular weight is 344 g/mol. The summed E-state index contributed by atoms with van der Waals surface area (Å²) >= 11 is 0. The largest absolute Gasteiger partial charge is 0.481 e. The maximum Gasteiger partial charge on any atom is 0.266 e. The number of hydrogen-bond donors (Lipinski definition) is 1. The highest BCUT2D eigenvalue weighted by molar-refractivity contribution is 5.96. The van der Waals surface area contributed by atoms with Gasteiger partial charge in [0.25, 0.3) is 11.5 Å². The van der Waals surface area contributed by atoms with Crippen molar-refractivity contribution in [2.75, 3.05) is 14.2 Å². The van der Waals surface area contributed by atoms with Gasteiger partial charge in [-0.15, -0.1) is 0 Å². The summed E-state index contributed by atoms with van der Waals surface area (Å²) in [6.07, 6.45) is 2.05. The van der Waals surface area contributed by atoms with Crippen molar-refractivity contribution in [2.45, 2.75) is 25.3 Å². The normalized spacial score (nSPS) is 16.0. The Hall–Kier alpha value is -2.90. The van der Waals surface area contributed by atoms with Crippen LogP contribution in [0.25, 0.3) is 0 Å². The van der Waals surface area contributed by atoms with Gasteiger partial charge in [-0.25, -0.2) is 4.68 Å². The Labute approximate surface area is 144 Å². The van der Waals surface area contributed by atoms with Crippen molar-refractivity contribution < 1.29 is 14.3 Å². The molecule has 0 aromatic carbocycles. The van der Waals surface area contributed by atoms with Crippen LogP contribution in [0.5, 0.6) is 11.8 Å². The van der Waals surface area contributed by atoms with Gasteiger partial charge in [-0.3, -0.25) is 9.59 Å². The van der Waals surface area contributed by atoms with Gasteiger partial charge in [-0.2, -0.15) is 10.1 Å². The molecule has 2 aromatic rings. The highest BCUT2D eigenvalue weighted by Crippen LogP contribution is 2.22. The summed E-state index contributed by atoms with van der Waals surface area (Å²) in [6, 6.07) is 4.76. The molecule has 1 atom stereocenters. The fraction of sp³-hybridized carbons (Fsp3) is 0.412. The van der Waals surface area contributed by atoms with Crippen molar-refractivity contribution >= 4 is 5.91 Å². The molecule has 3 rings (SSSR count). The maximum atomic E-state index is 12.6. The van der Waals surface area contributed by atoms with Crippen LogP contribution in [0.3, 0.4) is 0 Å². The Morgan fingerprint density at radius 2 is 2.12 bits per heavy atom. The summed E-state index contributed by atoms with van der Waals surface area (Å²) in [5, 5.41) is 7.26. The summed E-state index contributed by atoms with van der Waals surface area (Å²) in [5.74, 6) is 0.322. The first-order chi connectivity index (χ1) is 12.0. The molecular weight excluding hydrogens is 324 g/mol. The Kier molecular flexibility index (Phi) is 4.69. The minimum atomic E-state index is -0.266. The van der Waals surface area contributed by atoms with Gasteiger partial charge in [0.05, 0.1) is 19.9 Å². The monoisotopic (exact) mass is 344 g/mol. The van der Waals surface area contributed by atoms with Crippen molar-refractivity contribution in [1.29, 1.82) is 0 Å². The standard InChI is InChI=1S/C17H20N4O4/c1-21-15(22)9-10-8-11(4-6-13(10)20-21)18-16(23)12-5-7-14(24-2)19-17(12)25-3/h5,7,9,11H,4,6,8H2,1-3H3,(H,18,23)/t11-/m0/s1. The van der Waals surface area contributed by atoms with Crippen molar-refractivity contribution in [3.05, 3.63) is 45.4 Å². The number of fused-ring (bicyclic) bond motifs is 1. The lowest BCUT2D eigenvalue weighted by Crippen LogP contribution is -2.40. The third kappa shape index (κ3) is 3.47. The molecule has 0 aliphatic heterocycles. The number of nitrogens with zero attached hydrogens (tertiary/aromatic N) is 3. The molecule has 132 valence electrons. The van der Waals surface area contributed by atoms with Crippen LogP contribution in [0.2, 0.25) is 0 Å².